The molecular weight excluding hydrogens is 194 g/mol. The van der Waals surface area contributed by atoms with Crippen molar-refractivity contribution in [2.75, 3.05) is 13.7 Å². The second kappa shape index (κ2) is 5.11. The van der Waals surface area contributed by atoms with E-state index < -0.39 is 0 Å². The topological polar surface area (TPSA) is 59.9 Å². The van der Waals surface area contributed by atoms with Gasteiger partial charge in [-0.05, 0) is 13.3 Å². The lowest BCUT2D eigenvalue weighted by Crippen LogP contribution is -2.25. The predicted molar refractivity (Wildman–Crippen MR) is 58.1 cm³/mol. The quantitative estimate of drug-likeness (QED) is 0.801. The van der Waals surface area contributed by atoms with Crippen molar-refractivity contribution in [1.29, 1.82) is 0 Å². The first kappa shape index (κ1) is 12.0. The number of hydrogen-bond donors (Lipinski definition) is 1. The molecule has 1 heterocycles. The average molecular weight is 213 g/mol. The standard InChI is InChI=1S/C10H19N3O2/c1-5-7(2)9-11-12-10(14)13(9)8(3)6-15-4/h7-8H,5-6H2,1-4H3,(H,12,14). The number of rotatable bonds is 5. The van der Waals surface area contributed by atoms with Gasteiger partial charge >= 0.3 is 5.69 Å². The molecule has 5 heteroatoms. The van der Waals surface area contributed by atoms with E-state index in [1.54, 1.807) is 11.7 Å². The summed E-state index contributed by atoms with van der Waals surface area (Å²) in [5, 5.41) is 6.55. The molecule has 0 spiro atoms. The minimum atomic E-state index is -0.158. The van der Waals surface area contributed by atoms with Crippen LogP contribution in [-0.2, 0) is 4.74 Å². The third-order valence-corrected chi connectivity index (χ3v) is 2.63. The van der Waals surface area contributed by atoms with Crippen molar-refractivity contribution in [3.05, 3.63) is 16.3 Å². The number of H-pyrrole nitrogens is 1. The van der Waals surface area contributed by atoms with Crippen LogP contribution in [0.25, 0.3) is 0 Å². The van der Waals surface area contributed by atoms with E-state index in [2.05, 4.69) is 24.0 Å². The highest BCUT2D eigenvalue weighted by molar-refractivity contribution is 4.96. The van der Waals surface area contributed by atoms with Gasteiger partial charge in [-0.15, -0.1) is 0 Å². The van der Waals surface area contributed by atoms with E-state index in [-0.39, 0.29) is 17.6 Å². The number of hydrogen-bond acceptors (Lipinski definition) is 3. The minimum absolute atomic E-state index is 0.0187. The van der Waals surface area contributed by atoms with Crippen LogP contribution in [0.2, 0.25) is 0 Å². The molecule has 5 nitrogen and oxygen atoms in total. The van der Waals surface area contributed by atoms with Gasteiger partial charge in [-0.3, -0.25) is 4.57 Å². The normalized spacial score (nSPS) is 15.2. The second-order valence-corrected chi connectivity index (χ2v) is 3.87. The van der Waals surface area contributed by atoms with Crippen molar-refractivity contribution >= 4 is 0 Å². The summed E-state index contributed by atoms with van der Waals surface area (Å²) in [6, 6.07) is 0.0187. The van der Waals surface area contributed by atoms with Crippen LogP contribution in [-0.4, -0.2) is 28.5 Å². The molecule has 1 N–H and O–H groups in total. The Morgan fingerprint density at radius 2 is 2.20 bits per heavy atom. The van der Waals surface area contributed by atoms with Gasteiger partial charge in [-0.1, -0.05) is 13.8 Å². The first-order chi connectivity index (χ1) is 7.11. The maximum absolute atomic E-state index is 11.6. The van der Waals surface area contributed by atoms with Crippen molar-refractivity contribution in [1.82, 2.24) is 14.8 Å². The highest BCUT2D eigenvalue weighted by atomic mass is 16.5. The van der Waals surface area contributed by atoms with Crippen LogP contribution < -0.4 is 5.69 Å². The third-order valence-electron chi connectivity index (χ3n) is 2.63. The van der Waals surface area contributed by atoms with Crippen LogP contribution in [0, 0.1) is 0 Å². The smallest absolute Gasteiger partial charge is 0.343 e. The van der Waals surface area contributed by atoms with Gasteiger partial charge in [0, 0.05) is 13.0 Å². The lowest BCUT2D eigenvalue weighted by atomic mass is 10.1. The molecular formula is C10H19N3O2. The molecule has 2 atom stereocenters. The molecule has 2 unspecified atom stereocenters. The summed E-state index contributed by atoms with van der Waals surface area (Å²) in [6.07, 6.45) is 0.962. The zero-order chi connectivity index (χ0) is 11.4. The molecule has 1 aromatic heterocycles. The van der Waals surface area contributed by atoms with Gasteiger partial charge in [0.25, 0.3) is 0 Å². The third kappa shape index (κ3) is 2.47. The molecule has 86 valence electrons. The lowest BCUT2D eigenvalue weighted by Gasteiger charge is -2.16. The summed E-state index contributed by atoms with van der Waals surface area (Å²) in [5.41, 5.74) is -0.158. The van der Waals surface area contributed by atoms with Crippen LogP contribution in [0.1, 0.15) is 45.0 Å². The maximum Gasteiger partial charge on any atom is 0.343 e. The Bertz CT molecular complexity index is 356. The van der Waals surface area contributed by atoms with E-state index in [1.807, 2.05) is 6.92 Å². The molecule has 0 aliphatic heterocycles. The van der Waals surface area contributed by atoms with Crippen LogP contribution in [0.15, 0.2) is 4.79 Å². The molecule has 0 fully saturated rings. The first-order valence-corrected chi connectivity index (χ1v) is 5.27. The fraction of sp³-hybridized carbons (Fsp3) is 0.800. The number of nitrogens with zero attached hydrogens (tertiary/aromatic N) is 2. The Hall–Kier alpha value is -1.10. The summed E-state index contributed by atoms with van der Waals surface area (Å²) in [4.78, 5) is 11.6. The number of aromatic nitrogens is 3. The van der Waals surface area contributed by atoms with E-state index >= 15 is 0 Å². The van der Waals surface area contributed by atoms with Crippen molar-refractivity contribution in [3.63, 3.8) is 0 Å². The van der Waals surface area contributed by atoms with Crippen LogP contribution in [0.5, 0.6) is 0 Å². The monoisotopic (exact) mass is 213 g/mol. The molecule has 1 rings (SSSR count). The fourth-order valence-electron chi connectivity index (χ4n) is 1.59. The van der Waals surface area contributed by atoms with E-state index in [0.29, 0.717) is 6.61 Å². The summed E-state index contributed by atoms with van der Waals surface area (Å²) >= 11 is 0. The van der Waals surface area contributed by atoms with Gasteiger partial charge in [-0.25, -0.2) is 9.89 Å². The molecule has 15 heavy (non-hydrogen) atoms. The maximum atomic E-state index is 11.6. The van der Waals surface area contributed by atoms with E-state index in [1.165, 1.54) is 0 Å². The van der Waals surface area contributed by atoms with Crippen molar-refractivity contribution < 1.29 is 4.74 Å². The number of methoxy groups -OCH3 is 1. The summed E-state index contributed by atoms with van der Waals surface area (Å²) in [7, 11) is 1.63. The van der Waals surface area contributed by atoms with E-state index in [0.717, 1.165) is 12.2 Å². The van der Waals surface area contributed by atoms with Gasteiger partial charge in [0.1, 0.15) is 5.82 Å². The molecule has 0 radical (unpaired) electrons. The van der Waals surface area contributed by atoms with E-state index in [9.17, 15) is 4.79 Å². The zero-order valence-electron chi connectivity index (χ0n) is 9.78. The largest absolute Gasteiger partial charge is 0.383 e. The first-order valence-electron chi connectivity index (χ1n) is 5.27. The number of ether oxygens (including phenoxy) is 1. The Kier molecular flexibility index (Phi) is 4.08. The van der Waals surface area contributed by atoms with Gasteiger partial charge in [0.15, 0.2) is 0 Å². The van der Waals surface area contributed by atoms with Gasteiger partial charge in [0.2, 0.25) is 0 Å². The SMILES string of the molecule is CCC(C)c1n[nH]c(=O)n1C(C)COC. The molecule has 0 aliphatic rings. The average Bonchev–Trinajstić information content (AvgIpc) is 2.59. The highest BCUT2D eigenvalue weighted by Crippen LogP contribution is 2.17. The van der Waals surface area contributed by atoms with Gasteiger partial charge in [0.05, 0.1) is 12.6 Å². The second-order valence-electron chi connectivity index (χ2n) is 3.87. The highest BCUT2D eigenvalue weighted by Gasteiger charge is 2.18. The molecule has 0 aliphatic carbocycles. The van der Waals surface area contributed by atoms with Crippen molar-refractivity contribution in [2.45, 2.75) is 39.2 Å². The Labute approximate surface area is 89.5 Å². The van der Waals surface area contributed by atoms with Crippen molar-refractivity contribution in [3.8, 4) is 0 Å². The van der Waals surface area contributed by atoms with Gasteiger partial charge in [-0.2, -0.15) is 5.10 Å². The molecule has 0 aromatic carbocycles. The fourth-order valence-corrected chi connectivity index (χ4v) is 1.59. The number of nitrogens with one attached hydrogen (secondary N) is 1. The summed E-state index contributed by atoms with van der Waals surface area (Å²) in [6.45, 7) is 6.61. The predicted octanol–water partition coefficient (Wildman–Crippen LogP) is 1.29. The molecule has 0 saturated heterocycles. The lowest BCUT2D eigenvalue weighted by molar-refractivity contribution is 0.159. The van der Waals surface area contributed by atoms with Crippen LogP contribution >= 0.6 is 0 Å². The zero-order valence-corrected chi connectivity index (χ0v) is 9.78. The van der Waals surface area contributed by atoms with E-state index in [4.69, 9.17) is 4.74 Å². The molecule has 1 aromatic rings. The molecule has 0 amide bonds. The Balaban J connectivity index is 3.03. The van der Waals surface area contributed by atoms with Crippen LogP contribution in [0.4, 0.5) is 0 Å². The summed E-state index contributed by atoms with van der Waals surface area (Å²) in [5.74, 6) is 1.09. The summed E-state index contributed by atoms with van der Waals surface area (Å²) < 4.78 is 6.73. The Morgan fingerprint density at radius 3 is 2.73 bits per heavy atom. The molecule has 0 saturated carbocycles. The van der Waals surface area contributed by atoms with Crippen LogP contribution in [0.3, 0.4) is 0 Å². The Morgan fingerprint density at radius 1 is 1.53 bits per heavy atom. The number of aromatic amines is 1. The van der Waals surface area contributed by atoms with Gasteiger partial charge < -0.3 is 4.74 Å². The molecule has 0 bridgehead atoms. The minimum Gasteiger partial charge on any atom is -0.383 e. The van der Waals surface area contributed by atoms with Crippen molar-refractivity contribution in [2.24, 2.45) is 0 Å².